The number of hydrogen-bond donors (Lipinski definition) is 2. The standard InChI is InChI=1S/C19H21FN2O4/c20-5-6-24-7-8-25-9-10-26-15-2-4-17-16-3-1-14(21-13-23)11-18(16)22-19(17)12-15/h1-4,11-13,22H,5-10H2,(H,21,23). The van der Waals surface area contributed by atoms with Crippen LogP contribution in [0.2, 0.25) is 0 Å². The van der Waals surface area contributed by atoms with Gasteiger partial charge in [-0.15, -0.1) is 0 Å². The van der Waals surface area contributed by atoms with Crippen molar-refractivity contribution in [2.75, 3.05) is 45.0 Å². The lowest BCUT2D eigenvalue weighted by Gasteiger charge is -2.07. The maximum absolute atomic E-state index is 11.8. The molecule has 0 aliphatic carbocycles. The first-order chi connectivity index (χ1) is 12.8. The van der Waals surface area contributed by atoms with E-state index in [4.69, 9.17) is 14.2 Å². The van der Waals surface area contributed by atoms with Gasteiger partial charge in [0, 0.05) is 28.0 Å². The number of anilines is 1. The molecule has 0 aliphatic heterocycles. The van der Waals surface area contributed by atoms with Gasteiger partial charge in [-0.05, 0) is 24.3 Å². The molecule has 26 heavy (non-hydrogen) atoms. The van der Waals surface area contributed by atoms with E-state index in [1.807, 2.05) is 36.4 Å². The van der Waals surface area contributed by atoms with E-state index >= 15 is 0 Å². The van der Waals surface area contributed by atoms with Crippen molar-refractivity contribution < 1.29 is 23.4 Å². The monoisotopic (exact) mass is 360 g/mol. The van der Waals surface area contributed by atoms with Crippen LogP contribution < -0.4 is 10.1 Å². The largest absolute Gasteiger partial charge is 0.491 e. The summed E-state index contributed by atoms with van der Waals surface area (Å²) >= 11 is 0. The van der Waals surface area contributed by atoms with Crippen LogP contribution in [0.15, 0.2) is 36.4 Å². The molecule has 0 saturated carbocycles. The van der Waals surface area contributed by atoms with Gasteiger partial charge in [0.2, 0.25) is 6.41 Å². The molecule has 0 unspecified atom stereocenters. The van der Waals surface area contributed by atoms with Crippen LogP contribution in [-0.4, -0.2) is 51.1 Å². The summed E-state index contributed by atoms with van der Waals surface area (Å²) in [5, 5.41) is 4.82. The predicted octanol–water partition coefficient (Wildman–Crippen LogP) is 3.27. The van der Waals surface area contributed by atoms with Crippen molar-refractivity contribution in [3.8, 4) is 5.75 Å². The van der Waals surface area contributed by atoms with Crippen molar-refractivity contribution in [1.29, 1.82) is 0 Å². The number of ether oxygens (including phenoxy) is 3. The van der Waals surface area contributed by atoms with E-state index in [2.05, 4.69) is 10.3 Å². The first-order valence-corrected chi connectivity index (χ1v) is 8.42. The molecule has 0 radical (unpaired) electrons. The quantitative estimate of drug-likeness (QED) is 0.407. The van der Waals surface area contributed by atoms with Crippen LogP contribution >= 0.6 is 0 Å². The molecule has 0 spiro atoms. The smallest absolute Gasteiger partial charge is 0.211 e. The molecule has 2 aromatic carbocycles. The minimum absolute atomic E-state index is 0.108. The minimum Gasteiger partial charge on any atom is -0.491 e. The maximum Gasteiger partial charge on any atom is 0.211 e. The molecule has 3 aromatic rings. The highest BCUT2D eigenvalue weighted by molar-refractivity contribution is 6.08. The zero-order valence-corrected chi connectivity index (χ0v) is 14.3. The fourth-order valence-corrected chi connectivity index (χ4v) is 2.73. The maximum atomic E-state index is 11.8. The lowest BCUT2D eigenvalue weighted by Crippen LogP contribution is -2.11. The van der Waals surface area contributed by atoms with Gasteiger partial charge in [0.15, 0.2) is 0 Å². The van der Waals surface area contributed by atoms with E-state index in [-0.39, 0.29) is 6.61 Å². The summed E-state index contributed by atoms with van der Waals surface area (Å²) in [4.78, 5) is 13.9. The molecule has 2 N–H and O–H groups in total. The van der Waals surface area contributed by atoms with Crippen LogP contribution in [-0.2, 0) is 14.3 Å². The number of carbonyl (C=O) groups excluding carboxylic acids is 1. The lowest BCUT2D eigenvalue weighted by atomic mass is 10.1. The number of fused-ring (bicyclic) bond motifs is 3. The first kappa shape index (κ1) is 18.2. The summed E-state index contributed by atoms with van der Waals surface area (Å²) in [7, 11) is 0. The number of hydrogen-bond acceptors (Lipinski definition) is 4. The van der Waals surface area contributed by atoms with Crippen molar-refractivity contribution in [3.05, 3.63) is 36.4 Å². The number of alkyl halides is 1. The minimum atomic E-state index is -0.478. The Bertz CT molecular complexity index is 865. The van der Waals surface area contributed by atoms with Gasteiger partial charge < -0.3 is 24.5 Å². The summed E-state index contributed by atoms with van der Waals surface area (Å²) in [6.07, 6.45) is 0.658. The zero-order chi connectivity index (χ0) is 18.2. The van der Waals surface area contributed by atoms with Crippen LogP contribution in [0.1, 0.15) is 0 Å². The number of amides is 1. The second kappa shape index (κ2) is 9.17. The molecule has 0 fully saturated rings. The Kier molecular flexibility index (Phi) is 6.40. The molecule has 1 heterocycles. The van der Waals surface area contributed by atoms with Crippen molar-refractivity contribution >= 4 is 33.9 Å². The Balaban J connectivity index is 1.57. The number of halogens is 1. The molecule has 0 atom stereocenters. The highest BCUT2D eigenvalue weighted by Crippen LogP contribution is 2.29. The normalized spacial score (nSPS) is 11.1. The van der Waals surface area contributed by atoms with Crippen LogP contribution in [0, 0.1) is 0 Å². The number of aromatic amines is 1. The summed E-state index contributed by atoms with van der Waals surface area (Å²) in [6, 6.07) is 11.6. The Morgan fingerprint density at radius 1 is 0.923 bits per heavy atom. The van der Waals surface area contributed by atoms with E-state index < -0.39 is 6.67 Å². The fourth-order valence-electron chi connectivity index (χ4n) is 2.73. The number of H-pyrrole nitrogens is 1. The molecule has 0 aliphatic rings. The number of benzene rings is 2. The van der Waals surface area contributed by atoms with E-state index in [9.17, 15) is 9.18 Å². The van der Waals surface area contributed by atoms with Crippen molar-refractivity contribution in [3.63, 3.8) is 0 Å². The van der Waals surface area contributed by atoms with Crippen molar-refractivity contribution in [2.24, 2.45) is 0 Å². The molecule has 0 bridgehead atoms. The predicted molar refractivity (Wildman–Crippen MR) is 98.6 cm³/mol. The second-order valence-electron chi connectivity index (χ2n) is 5.62. The van der Waals surface area contributed by atoms with Gasteiger partial charge in [0.25, 0.3) is 0 Å². The topological polar surface area (TPSA) is 72.6 Å². The Morgan fingerprint density at radius 2 is 1.62 bits per heavy atom. The Labute approximate surface area is 150 Å². The average Bonchev–Trinajstić information content (AvgIpc) is 3.01. The molecule has 3 rings (SSSR count). The van der Waals surface area contributed by atoms with Gasteiger partial charge in [-0.25, -0.2) is 4.39 Å². The SMILES string of the molecule is O=CNc1ccc2c(c1)[nH]c1cc(OCCOCCOCCF)ccc12. The highest BCUT2D eigenvalue weighted by atomic mass is 19.1. The number of aromatic nitrogens is 1. The van der Waals surface area contributed by atoms with E-state index in [1.165, 1.54) is 0 Å². The molecule has 1 amide bonds. The second-order valence-corrected chi connectivity index (χ2v) is 5.62. The summed E-state index contributed by atoms with van der Waals surface area (Å²) in [5.74, 6) is 0.743. The number of carbonyl (C=O) groups is 1. The van der Waals surface area contributed by atoms with Gasteiger partial charge in [-0.2, -0.15) is 0 Å². The van der Waals surface area contributed by atoms with Gasteiger partial charge >= 0.3 is 0 Å². The molecule has 7 heteroatoms. The van der Waals surface area contributed by atoms with Crippen LogP contribution in [0.5, 0.6) is 5.75 Å². The van der Waals surface area contributed by atoms with Crippen LogP contribution in [0.4, 0.5) is 10.1 Å². The van der Waals surface area contributed by atoms with Crippen molar-refractivity contribution in [1.82, 2.24) is 4.98 Å². The first-order valence-electron chi connectivity index (χ1n) is 8.42. The third-order valence-corrected chi connectivity index (χ3v) is 3.89. The number of nitrogens with one attached hydrogen (secondary N) is 2. The van der Waals surface area contributed by atoms with Gasteiger partial charge in [0.1, 0.15) is 19.0 Å². The summed E-state index contributed by atoms with van der Waals surface area (Å²) < 4.78 is 27.9. The molecular formula is C19H21FN2O4. The summed E-state index contributed by atoms with van der Waals surface area (Å²) in [5.41, 5.74) is 2.64. The molecule has 138 valence electrons. The zero-order valence-electron chi connectivity index (χ0n) is 14.3. The van der Waals surface area contributed by atoms with E-state index in [0.717, 1.165) is 33.2 Å². The van der Waals surface area contributed by atoms with Crippen molar-refractivity contribution in [2.45, 2.75) is 0 Å². The molecule has 0 saturated heterocycles. The van der Waals surface area contributed by atoms with Gasteiger partial charge in [-0.1, -0.05) is 6.07 Å². The third kappa shape index (κ3) is 4.50. The molecular weight excluding hydrogens is 339 g/mol. The molecule has 1 aromatic heterocycles. The Hall–Kier alpha value is -2.64. The Morgan fingerprint density at radius 3 is 2.38 bits per heavy atom. The highest BCUT2D eigenvalue weighted by Gasteiger charge is 2.06. The lowest BCUT2D eigenvalue weighted by molar-refractivity contribution is -0.105. The summed E-state index contributed by atoms with van der Waals surface area (Å²) in [6.45, 7) is 1.28. The van der Waals surface area contributed by atoms with Gasteiger partial charge in [0.05, 0.1) is 31.9 Å². The fraction of sp³-hybridized carbons (Fsp3) is 0.316. The van der Waals surface area contributed by atoms with Gasteiger partial charge in [-0.3, -0.25) is 4.79 Å². The average molecular weight is 360 g/mol. The van der Waals surface area contributed by atoms with Crippen LogP contribution in [0.3, 0.4) is 0 Å². The van der Waals surface area contributed by atoms with E-state index in [0.29, 0.717) is 32.8 Å². The number of rotatable bonds is 11. The van der Waals surface area contributed by atoms with Crippen LogP contribution in [0.25, 0.3) is 21.8 Å². The van der Waals surface area contributed by atoms with E-state index in [1.54, 1.807) is 0 Å². The molecule has 6 nitrogen and oxygen atoms in total. The third-order valence-electron chi connectivity index (χ3n) is 3.89.